The number of carbonyl (C=O) groups is 2. The highest BCUT2D eigenvalue weighted by Gasteiger charge is 2.33. The summed E-state index contributed by atoms with van der Waals surface area (Å²) in [5.74, 6) is 0.159. The van der Waals surface area contributed by atoms with E-state index in [2.05, 4.69) is 21.1 Å². The highest BCUT2D eigenvalue weighted by Crippen LogP contribution is 2.37. The van der Waals surface area contributed by atoms with E-state index in [4.69, 9.17) is 20.9 Å². The number of aromatic nitrogens is 4. The number of carboxylic acid groups (broad SMARTS) is 1. The average molecular weight is 584 g/mol. The van der Waals surface area contributed by atoms with Crippen LogP contribution in [0.25, 0.3) is 6.08 Å². The molecule has 0 aliphatic carbocycles. The Morgan fingerprint density at radius 2 is 1.93 bits per heavy atom. The number of hydrogen-bond donors (Lipinski definition) is 3. The third kappa shape index (κ3) is 6.13. The summed E-state index contributed by atoms with van der Waals surface area (Å²) in [6.45, 7) is 0.473. The van der Waals surface area contributed by atoms with Gasteiger partial charge in [-0.1, -0.05) is 24.3 Å². The van der Waals surface area contributed by atoms with Crippen LogP contribution in [-0.2, 0) is 35.9 Å². The fourth-order valence-electron chi connectivity index (χ4n) is 5.49. The second-order valence-corrected chi connectivity index (χ2v) is 10.2. The van der Waals surface area contributed by atoms with Crippen molar-refractivity contribution in [3.05, 3.63) is 93.9 Å². The van der Waals surface area contributed by atoms with Crippen LogP contribution in [0.5, 0.6) is 11.5 Å². The molecule has 222 valence electrons. The molecule has 2 aromatic heterocycles. The number of carboxylic acids is 1. The Bertz CT molecular complexity index is 1710. The predicted octanol–water partition coefficient (Wildman–Crippen LogP) is 2.80. The van der Waals surface area contributed by atoms with E-state index in [0.717, 1.165) is 22.4 Å². The lowest BCUT2D eigenvalue weighted by Gasteiger charge is -2.37. The quantitative estimate of drug-likeness (QED) is 0.249. The highest BCUT2D eigenvalue weighted by atomic mass is 16.5. The molecular formula is C31H33N7O5. The van der Waals surface area contributed by atoms with E-state index >= 15 is 0 Å². The van der Waals surface area contributed by atoms with Crippen molar-refractivity contribution in [2.75, 3.05) is 32.2 Å². The molecule has 0 bridgehead atoms. The molecular weight excluding hydrogens is 550 g/mol. The van der Waals surface area contributed by atoms with Gasteiger partial charge in [-0.3, -0.25) is 14.3 Å². The maximum Gasteiger partial charge on any atom is 0.309 e. The number of nitrogens with two attached hydrogens (primary N) is 2. The predicted molar refractivity (Wildman–Crippen MR) is 160 cm³/mol. The van der Waals surface area contributed by atoms with Crippen molar-refractivity contribution in [3.63, 3.8) is 0 Å². The van der Waals surface area contributed by atoms with Crippen molar-refractivity contribution in [2.45, 2.75) is 25.3 Å². The molecule has 0 saturated heterocycles. The Morgan fingerprint density at radius 3 is 2.65 bits per heavy atom. The largest absolute Gasteiger partial charge is 0.493 e. The number of carbonyl (C=O) groups excluding carboxylic acids is 1. The first-order valence-corrected chi connectivity index (χ1v) is 13.6. The van der Waals surface area contributed by atoms with E-state index < -0.39 is 12.0 Å². The fraction of sp³-hybridized carbons (Fsp3) is 0.258. The Balaban J connectivity index is 1.49. The van der Waals surface area contributed by atoms with Crippen molar-refractivity contribution >= 4 is 29.7 Å². The lowest BCUT2D eigenvalue weighted by Crippen LogP contribution is -2.40. The summed E-state index contributed by atoms with van der Waals surface area (Å²) in [6.07, 6.45) is 5.68. The van der Waals surface area contributed by atoms with Crippen LogP contribution in [0, 0.1) is 0 Å². The molecule has 1 atom stereocenters. The molecule has 43 heavy (non-hydrogen) atoms. The Hall–Kier alpha value is -5.39. The van der Waals surface area contributed by atoms with Gasteiger partial charge in [-0.25, -0.2) is 4.98 Å². The minimum absolute atomic E-state index is 0.0959. The van der Waals surface area contributed by atoms with Gasteiger partial charge in [-0.15, -0.1) is 0 Å². The lowest BCUT2D eigenvalue weighted by molar-refractivity contribution is -0.136. The average Bonchev–Trinajstić information content (AvgIpc) is 3.34. The maximum absolute atomic E-state index is 13.9. The first-order valence-electron chi connectivity index (χ1n) is 13.6. The van der Waals surface area contributed by atoms with Gasteiger partial charge in [-0.2, -0.15) is 10.1 Å². The van der Waals surface area contributed by atoms with Gasteiger partial charge in [0.15, 0.2) is 11.5 Å². The van der Waals surface area contributed by atoms with Gasteiger partial charge < -0.3 is 30.9 Å². The number of ether oxygens (including phenoxy) is 2. The number of methoxy groups -OCH3 is 2. The molecule has 5 rings (SSSR count). The van der Waals surface area contributed by atoms with Crippen LogP contribution in [0.3, 0.4) is 0 Å². The van der Waals surface area contributed by atoms with E-state index in [9.17, 15) is 14.7 Å². The molecule has 1 aliphatic heterocycles. The number of amides is 1. The first-order chi connectivity index (χ1) is 20.7. The fourth-order valence-corrected chi connectivity index (χ4v) is 5.49. The minimum atomic E-state index is -0.970. The van der Waals surface area contributed by atoms with Crippen LogP contribution < -0.4 is 20.9 Å². The number of rotatable bonds is 9. The Kier molecular flexibility index (Phi) is 8.28. The number of aryl methyl sites for hydroxylation is 1. The Morgan fingerprint density at radius 1 is 1.14 bits per heavy atom. The van der Waals surface area contributed by atoms with Crippen molar-refractivity contribution in [2.24, 2.45) is 7.05 Å². The topological polar surface area (TPSA) is 172 Å². The van der Waals surface area contributed by atoms with Crippen LogP contribution >= 0.6 is 0 Å². The van der Waals surface area contributed by atoms with Crippen molar-refractivity contribution in [3.8, 4) is 11.5 Å². The number of fused-ring (bicyclic) bond motifs is 1. The molecule has 1 unspecified atom stereocenters. The molecule has 0 spiro atoms. The number of anilines is 2. The minimum Gasteiger partial charge on any atom is -0.493 e. The number of nitrogens with zero attached hydrogens (tertiary/aromatic N) is 5. The molecule has 5 N–H and O–H groups in total. The van der Waals surface area contributed by atoms with E-state index in [1.165, 1.54) is 13.2 Å². The zero-order chi connectivity index (χ0) is 30.7. The number of nitrogen functional groups attached to an aromatic ring is 2. The van der Waals surface area contributed by atoms with Crippen LogP contribution in [-0.4, -0.2) is 62.4 Å². The highest BCUT2D eigenvalue weighted by molar-refractivity contribution is 5.93. The summed E-state index contributed by atoms with van der Waals surface area (Å²) in [7, 11) is 4.85. The van der Waals surface area contributed by atoms with Gasteiger partial charge in [0.25, 0.3) is 0 Å². The molecule has 12 nitrogen and oxygen atoms in total. The summed E-state index contributed by atoms with van der Waals surface area (Å²) in [4.78, 5) is 35.1. The number of aliphatic carboxylic acids is 1. The van der Waals surface area contributed by atoms with E-state index in [1.807, 2.05) is 30.3 Å². The summed E-state index contributed by atoms with van der Waals surface area (Å²) >= 11 is 0. The SMILES string of the molecule is COc1cc(Cc2cnc(N)nc2N)cc(C=CC(=O)N2CCc3ccccc3C2c2cc(CC(=O)O)nn2C)c1OC. The van der Waals surface area contributed by atoms with E-state index in [1.54, 1.807) is 42.1 Å². The van der Waals surface area contributed by atoms with Crippen molar-refractivity contribution < 1.29 is 24.2 Å². The van der Waals surface area contributed by atoms with Crippen LogP contribution in [0.4, 0.5) is 11.8 Å². The maximum atomic E-state index is 13.9. The van der Waals surface area contributed by atoms with Gasteiger partial charge in [0.05, 0.1) is 38.1 Å². The third-order valence-electron chi connectivity index (χ3n) is 7.43. The van der Waals surface area contributed by atoms with E-state index in [-0.39, 0.29) is 24.1 Å². The Labute approximate surface area is 248 Å². The summed E-state index contributed by atoms with van der Waals surface area (Å²) < 4.78 is 12.9. The third-order valence-corrected chi connectivity index (χ3v) is 7.43. The summed E-state index contributed by atoms with van der Waals surface area (Å²) in [5.41, 5.74) is 17.1. The molecule has 2 aromatic carbocycles. The van der Waals surface area contributed by atoms with Gasteiger partial charge in [0, 0.05) is 43.4 Å². The smallest absolute Gasteiger partial charge is 0.309 e. The van der Waals surface area contributed by atoms with Crippen LogP contribution in [0.2, 0.25) is 0 Å². The molecule has 0 fully saturated rings. The lowest BCUT2D eigenvalue weighted by atomic mass is 9.90. The van der Waals surface area contributed by atoms with Crippen LogP contribution in [0.1, 0.15) is 45.2 Å². The molecule has 0 radical (unpaired) electrons. The normalized spacial score (nSPS) is 14.5. The second kappa shape index (κ2) is 12.2. The summed E-state index contributed by atoms with van der Waals surface area (Å²) in [5, 5.41) is 13.7. The van der Waals surface area contributed by atoms with Gasteiger partial charge in [-0.05, 0) is 47.4 Å². The zero-order valence-corrected chi connectivity index (χ0v) is 24.2. The molecule has 4 aromatic rings. The number of benzene rings is 2. The monoisotopic (exact) mass is 583 g/mol. The first kappa shape index (κ1) is 29.1. The number of hydrogen-bond acceptors (Lipinski definition) is 9. The van der Waals surface area contributed by atoms with Crippen LogP contribution in [0.15, 0.2) is 54.7 Å². The molecule has 0 saturated carbocycles. The molecule has 1 aliphatic rings. The summed E-state index contributed by atoms with van der Waals surface area (Å²) in [6, 6.07) is 13.0. The van der Waals surface area contributed by atoms with Gasteiger partial charge in [0.2, 0.25) is 11.9 Å². The molecule has 3 heterocycles. The van der Waals surface area contributed by atoms with Gasteiger partial charge in [0.1, 0.15) is 5.82 Å². The van der Waals surface area contributed by atoms with Gasteiger partial charge >= 0.3 is 5.97 Å². The van der Waals surface area contributed by atoms with E-state index in [0.29, 0.717) is 47.7 Å². The van der Waals surface area contributed by atoms with Crippen molar-refractivity contribution in [1.29, 1.82) is 0 Å². The molecule has 12 heteroatoms. The zero-order valence-electron chi connectivity index (χ0n) is 24.2. The second-order valence-electron chi connectivity index (χ2n) is 10.2. The molecule has 1 amide bonds. The van der Waals surface area contributed by atoms with Crippen molar-refractivity contribution in [1.82, 2.24) is 24.6 Å². The standard InChI is InChI=1S/C31H33N7O5/c1-37-24(15-22(36-37)16-27(40)41)28-23-7-5-4-6-19(23)10-11-38(28)26(39)9-8-20-12-18(14-25(42-2)29(20)43-3)13-21-17-34-31(33)35-30(21)32/h4-9,12,14-15,17,28H,10-11,13,16H2,1-3H3,(H,40,41)(H4,32,33,34,35).